The molecule has 1 N–H and O–H groups in total. The average Bonchev–Trinajstić information content (AvgIpc) is 3.05. The zero-order valence-electron chi connectivity index (χ0n) is 13.6. The minimum Gasteiger partial charge on any atom is -0.507 e. The molecule has 0 bridgehead atoms. The highest BCUT2D eigenvalue weighted by molar-refractivity contribution is 7.98. The Morgan fingerprint density at radius 3 is 2.83 bits per heavy atom. The Hall–Kier alpha value is -2.14. The van der Waals surface area contributed by atoms with Crippen LogP contribution in [0.25, 0.3) is 0 Å². The van der Waals surface area contributed by atoms with Gasteiger partial charge in [-0.05, 0) is 30.2 Å². The van der Waals surface area contributed by atoms with Crippen molar-refractivity contribution in [2.45, 2.75) is 25.1 Å². The fourth-order valence-corrected chi connectivity index (χ4v) is 3.84. The number of phenols is 1. The number of benzene rings is 2. The molecule has 0 fully saturated rings. The molecule has 4 rings (SSSR count). The molecule has 2 aromatic carbocycles. The number of rotatable bonds is 4. The van der Waals surface area contributed by atoms with E-state index in [1.54, 1.807) is 6.07 Å². The summed E-state index contributed by atoms with van der Waals surface area (Å²) < 4.78 is 6.21. The van der Waals surface area contributed by atoms with Crippen LogP contribution in [-0.4, -0.2) is 34.1 Å². The second-order valence-electron chi connectivity index (χ2n) is 6.06. The van der Waals surface area contributed by atoms with Crippen LogP contribution in [-0.2, 0) is 0 Å². The second kappa shape index (κ2) is 6.40. The number of thioether (sulfide) groups is 1. The number of hydrazone groups is 1. The van der Waals surface area contributed by atoms with Gasteiger partial charge in [-0.15, -0.1) is 0 Å². The fraction of sp³-hybridized carbons (Fsp3) is 0.316. The number of hydrogen-bond donors (Lipinski definition) is 1. The third kappa shape index (κ3) is 2.63. The number of hydrogen-bond acceptors (Lipinski definition) is 5. The van der Waals surface area contributed by atoms with E-state index in [0.29, 0.717) is 0 Å². The molecule has 2 aliphatic heterocycles. The highest BCUT2D eigenvalue weighted by Crippen LogP contribution is 2.44. The van der Waals surface area contributed by atoms with Gasteiger partial charge in [0.15, 0.2) is 6.23 Å². The number of nitrogens with zero attached hydrogens (tertiary/aromatic N) is 2. The second-order valence-corrected chi connectivity index (χ2v) is 7.04. The molecule has 0 amide bonds. The lowest BCUT2D eigenvalue weighted by Crippen LogP contribution is -2.40. The summed E-state index contributed by atoms with van der Waals surface area (Å²) >= 11 is 1.82. The molecule has 4 nitrogen and oxygen atoms in total. The van der Waals surface area contributed by atoms with Gasteiger partial charge in [0.1, 0.15) is 11.5 Å². The molecule has 0 saturated heterocycles. The highest BCUT2D eigenvalue weighted by atomic mass is 32.2. The van der Waals surface area contributed by atoms with Crippen molar-refractivity contribution in [3.8, 4) is 11.5 Å². The Bertz CT molecular complexity index is 777. The SMILES string of the molecule is CSCCC1Oc2ccccc2C2CC(c3ccccc3O)=NN12. The predicted molar refractivity (Wildman–Crippen MR) is 97.7 cm³/mol. The molecular formula is C19H20N2O2S. The van der Waals surface area contributed by atoms with Crippen molar-refractivity contribution in [3.63, 3.8) is 0 Å². The Kier molecular flexibility index (Phi) is 4.10. The van der Waals surface area contributed by atoms with Crippen LogP contribution in [0.15, 0.2) is 53.6 Å². The van der Waals surface area contributed by atoms with E-state index < -0.39 is 0 Å². The fourth-order valence-electron chi connectivity index (χ4n) is 3.40. The summed E-state index contributed by atoms with van der Waals surface area (Å²) in [5.74, 6) is 2.27. The van der Waals surface area contributed by atoms with E-state index in [-0.39, 0.29) is 18.0 Å². The van der Waals surface area contributed by atoms with Gasteiger partial charge in [0.05, 0.1) is 11.8 Å². The molecule has 0 spiro atoms. The topological polar surface area (TPSA) is 45.1 Å². The van der Waals surface area contributed by atoms with E-state index in [1.165, 1.54) is 5.56 Å². The molecule has 2 atom stereocenters. The Labute approximate surface area is 146 Å². The molecule has 124 valence electrons. The highest BCUT2D eigenvalue weighted by Gasteiger charge is 2.40. The minimum atomic E-state index is -0.0549. The van der Waals surface area contributed by atoms with Crippen LogP contribution in [0.1, 0.15) is 30.0 Å². The Morgan fingerprint density at radius 1 is 1.21 bits per heavy atom. The van der Waals surface area contributed by atoms with E-state index in [0.717, 1.165) is 35.6 Å². The zero-order chi connectivity index (χ0) is 16.5. The maximum atomic E-state index is 10.2. The van der Waals surface area contributed by atoms with Crippen LogP contribution in [0.4, 0.5) is 0 Å². The van der Waals surface area contributed by atoms with Gasteiger partial charge in [0.25, 0.3) is 0 Å². The first-order valence-electron chi connectivity index (χ1n) is 8.16. The molecule has 0 radical (unpaired) electrons. The van der Waals surface area contributed by atoms with E-state index in [4.69, 9.17) is 9.84 Å². The molecule has 2 unspecified atom stereocenters. The summed E-state index contributed by atoms with van der Waals surface area (Å²) in [5.41, 5.74) is 2.91. The van der Waals surface area contributed by atoms with E-state index in [1.807, 2.05) is 48.2 Å². The predicted octanol–water partition coefficient (Wildman–Crippen LogP) is 4.01. The molecule has 24 heavy (non-hydrogen) atoms. The van der Waals surface area contributed by atoms with Crippen LogP contribution in [0.3, 0.4) is 0 Å². The van der Waals surface area contributed by atoms with Gasteiger partial charge in [-0.25, -0.2) is 0 Å². The van der Waals surface area contributed by atoms with Crippen molar-refractivity contribution >= 4 is 17.5 Å². The summed E-state index contributed by atoms with van der Waals surface area (Å²) in [4.78, 5) is 0. The first-order valence-corrected chi connectivity index (χ1v) is 9.56. The van der Waals surface area contributed by atoms with Crippen molar-refractivity contribution < 1.29 is 9.84 Å². The molecule has 2 heterocycles. The van der Waals surface area contributed by atoms with Crippen LogP contribution in [0, 0.1) is 0 Å². The van der Waals surface area contributed by atoms with Gasteiger partial charge in [-0.3, -0.25) is 5.01 Å². The van der Waals surface area contributed by atoms with Crippen LogP contribution < -0.4 is 4.74 Å². The van der Waals surface area contributed by atoms with Crippen molar-refractivity contribution in [2.75, 3.05) is 12.0 Å². The van der Waals surface area contributed by atoms with Gasteiger partial charge in [0.2, 0.25) is 0 Å². The van der Waals surface area contributed by atoms with E-state index >= 15 is 0 Å². The van der Waals surface area contributed by atoms with Crippen LogP contribution in [0.2, 0.25) is 0 Å². The van der Waals surface area contributed by atoms with E-state index in [9.17, 15) is 5.11 Å². The maximum absolute atomic E-state index is 10.2. The maximum Gasteiger partial charge on any atom is 0.188 e. The average molecular weight is 340 g/mol. The van der Waals surface area contributed by atoms with Gasteiger partial charge in [-0.1, -0.05) is 30.3 Å². The van der Waals surface area contributed by atoms with Crippen molar-refractivity contribution in [2.24, 2.45) is 5.10 Å². The van der Waals surface area contributed by atoms with Gasteiger partial charge in [0, 0.05) is 24.0 Å². The van der Waals surface area contributed by atoms with Crippen LogP contribution >= 0.6 is 11.8 Å². The van der Waals surface area contributed by atoms with Crippen molar-refractivity contribution in [1.82, 2.24) is 5.01 Å². The molecule has 0 aromatic heterocycles. The summed E-state index contributed by atoms with van der Waals surface area (Å²) in [5, 5.41) is 17.1. The molecule has 2 aliphatic rings. The molecule has 5 heteroatoms. The lowest BCUT2D eigenvalue weighted by atomic mass is 9.96. The monoisotopic (exact) mass is 340 g/mol. The summed E-state index contributed by atoms with van der Waals surface area (Å²) in [6.07, 6.45) is 3.76. The smallest absolute Gasteiger partial charge is 0.188 e. The van der Waals surface area contributed by atoms with Gasteiger partial charge >= 0.3 is 0 Å². The van der Waals surface area contributed by atoms with Gasteiger partial charge < -0.3 is 9.84 Å². The third-order valence-electron chi connectivity index (χ3n) is 4.56. The number of aromatic hydroxyl groups is 1. The van der Waals surface area contributed by atoms with Crippen LogP contribution in [0.5, 0.6) is 11.5 Å². The normalized spacial score (nSPS) is 21.7. The minimum absolute atomic E-state index is 0.0549. The first kappa shape index (κ1) is 15.4. The molecular weight excluding hydrogens is 320 g/mol. The quantitative estimate of drug-likeness (QED) is 0.913. The summed E-state index contributed by atoms with van der Waals surface area (Å²) in [6, 6.07) is 15.8. The van der Waals surface area contributed by atoms with Crippen molar-refractivity contribution in [1.29, 1.82) is 0 Å². The Balaban J connectivity index is 1.71. The number of fused-ring (bicyclic) bond motifs is 3. The molecule has 0 saturated carbocycles. The third-order valence-corrected chi connectivity index (χ3v) is 5.21. The standard InChI is InChI=1S/C19H20N2O2S/c1-24-11-10-19-21-16(14-7-3-5-9-18(14)23-19)12-15(20-21)13-6-2-4-8-17(13)22/h2-9,16,19,22H,10-12H2,1H3. The number of ether oxygens (including phenoxy) is 1. The summed E-state index contributed by atoms with van der Waals surface area (Å²) in [7, 11) is 0. The number of para-hydroxylation sites is 2. The van der Waals surface area contributed by atoms with Gasteiger partial charge in [-0.2, -0.15) is 16.9 Å². The van der Waals surface area contributed by atoms with E-state index in [2.05, 4.69) is 17.3 Å². The largest absolute Gasteiger partial charge is 0.507 e. The number of phenolic OH excluding ortho intramolecular Hbond substituents is 1. The molecule has 2 aromatic rings. The lowest BCUT2D eigenvalue weighted by Gasteiger charge is -2.38. The zero-order valence-corrected chi connectivity index (χ0v) is 14.4. The summed E-state index contributed by atoms with van der Waals surface area (Å²) in [6.45, 7) is 0. The Morgan fingerprint density at radius 2 is 2.00 bits per heavy atom. The first-order chi connectivity index (χ1) is 11.8. The molecule has 0 aliphatic carbocycles. The lowest BCUT2D eigenvalue weighted by molar-refractivity contribution is -0.0180. The van der Waals surface area contributed by atoms with Crippen molar-refractivity contribution in [3.05, 3.63) is 59.7 Å².